The minimum Gasteiger partial charge on any atom is -0.277 e. The average Bonchev–Trinajstić information content (AvgIpc) is 2.96. The van der Waals surface area contributed by atoms with Crippen molar-refractivity contribution in [2.24, 2.45) is 0 Å². The molecule has 0 unspecified atom stereocenters. The summed E-state index contributed by atoms with van der Waals surface area (Å²) in [7, 11) is 0. The molecule has 3 nitrogen and oxygen atoms in total. The molecule has 0 aliphatic heterocycles. The molecular weight excluding hydrogens is 325 g/mol. The molecule has 3 rings (SSSR count). The van der Waals surface area contributed by atoms with Gasteiger partial charge in [-0.25, -0.2) is 0 Å². The molecule has 0 aliphatic rings. The van der Waals surface area contributed by atoms with E-state index in [1.54, 1.807) is 24.2 Å². The van der Waals surface area contributed by atoms with Crippen LogP contribution in [0.25, 0.3) is 5.69 Å². The average molecular weight is 336 g/mol. The maximum Gasteiger partial charge on any atom is 0.195 e. The Morgan fingerprint density at radius 1 is 1.05 bits per heavy atom. The lowest BCUT2D eigenvalue weighted by molar-refractivity contribution is 0.884. The number of benzene rings is 2. The van der Waals surface area contributed by atoms with Crippen molar-refractivity contribution in [1.82, 2.24) is 14.8 Å². The fourth-order valence-corrected chi connectivity index (χ4v) is 3.36. The molecule has 106 valence electrons. The van der Waals surface area contributed by atoms with E-state index < -0.39 is 0 Å². The molecule has 0 atom stereocenters. The lowest BCUT2D eigenvalue weighted by Crippen LogP contribution is -1.95. The van der Waals surface area contributed by atoms with Crippen LogP contribution in [0.2, 0.25) is 10.0 Å². The van der Waals surface area contributed by atoms with Gasteiger partial charge in [0.05, 0.1) is 0 Å². The molecule has 0 spiro atoms. The minimum atomic E-state index is 0.640. The maximum absolute atomic E-state index is 6.19. The predicted molar refractivity (Wildman–Crippen MR) is 87.4 cm³/mol. The van der Waals surface area contributed by atoms with Gasteiger partial charge in [-0.2, -0.15) is 0 Å². The van der Waals surface area contributed by atoms with Crippen molar-refractivity contribution in [3.05, 3.63) is 70.5 Å². The van der Waals surface area contributed by atoms with Crippen molar-refractivity contribution >= 4 is 35.0 Å². The van der Waals surface area contributed by atoms with E-state index in [4.69, 9.17) is 23.2 Å². The Kier molecular flexibility index (Phi) is 4.48. The molecule has 0 saturated carbocycles. The highest BCUT2D eigenvalue weighted by atomic mass is 35.5. The predicted octanol–water partition coefficient (Wildman–Crippen LogP) is 4.87. The highest BCUT2D eigenvalue weighted by Gasteiger charge is 2.09. The molecule has 6 heteroatoms. The van der Waals surface area contributed by atoms with Gasteiger partial charge < -0.3 is 0 Å². The first kappa shape index (κ1) is 14.4. The summed E-state index contributed by atoms with van der Waals surface area (Å²) in [6, 6.07) is 15.5. The summed E-state index contributed by atoms with van der Waals surface area (Å²) in [4.78, 5) is 0. The van der Waals surface area contributed by atoms with Crippen molar-refractivity contribution in [2.75, 3.05) is 0 Å². The molecule has 0 fully saturated rings. The Morgan fingerprint density at radius 3 is 2.62 bits per heavy atom. The van der Waals surface area contributed by atoms with E-state index in [9.17, 15) is 0 Å². The highest BCUT2D eigenvalue weighted by molar-refractivity contribution is 7.98. The lowest BCUT2D eigenvalue weighted by atomic mass is 10.2. The van der Waals surface area contributed by atoms with Crippen LogP contribution >= 0.6 is 35.0 Å². The topological polar surface area (TPSA) is 30.7 Å². The van der Waals surface area contributed by atoms with Crippen LogP contribution in [0.3, 0.4) is 0 Å². The van der Waals surface area contributed by atoms with Crippen molar-refractivity contribution in [3.63, 3.8) is 0 Å². The van der Waals surface area contributed by atoms with Gasteiger partial charge in [0.25, 0.3) is 0 Å². The van der Waals surface area contributed by atoms with Crippen molar-refractivity contribution in [2.45, 2.75) is 10.9 Å². The number of aromatic nitrogens is 3. The summed E-state index contributed by atoms with van der Waals surface area (Å²) < 4.78 is 1.95. The number of rotatable bonds is 4. The Hall–Kier alpha value is -1.49. The van der Waals surface area contributed by atoms with Crippen molar-refractivity contribution < 1.29 is 0 Å². The van der Waals surface area contributed by atoms with Crippen LogP contribution in [0.4, 0.5) is 0 Å². The third-order valence-corrected chi connectivity index (χ3v) is 4.50. The van der Waals surface area contributed by atoms with Crippen LogP contribution in [0.5, 0.6) is 0 Å². The summed E-state index contributed by atoms with van der Waals surface area (Å²) in [5.41, 5.74) is 2.06. The summed E-state index contributed by atoms with van der Waals surface area (Å²) >= 11 is 13.7. The van der Waals surface area contributed by atoms with Crippen LogP contribution in [0.15, 0.2) is 60.0 Å². The molecule has 0 radical (unpaired) electrons. The first-order chi connectivity index (χ1) is 10.2. The van der Waals surface area contributed by atoms with Gasteiger partial charge in [0, 0.05) is 21.5 Å². The third kappa shape index (κ3) is 3.40. The van der Waals surface area contributed by atoms with Gasteiger partial charge in [0.2, 0.25) is 0 Å². The summed E-state index contributed by atoms with van der Waals surface area (Å²) in [5.74, 6) is 0.710. The van der Waals surface area contributed by atoms with E-state index in [1.165, 1.54) is 0 Å². The Morgan fingerprint density at radius 2 is 1.86 bits per heavy atom. The summed E-state index contributed by atoms with van der Waals surface area (Å²) in [6.07, 6.45) is 1.71. The second kappa shape index (κ2) is 6.52. The first-order valence-corrected chi connectivity index (χ1v) is 8.00. The molecule has 0 amide bonds. The summed E-state index contributed by atoms with van der Waals surface area (Å²) in [6.45, 7) is 0. The Labute approximate surface area is 136 Å². The van der Waals surface area contributed by atoms with E-state index in [-0.39, 0.29) is 0 Å². The monoisotopic (exact) mass is 335 g/mol. The quantitative estimate of drug-likeness (QED) is 0.637. The van der Waals surface area contributed by atoms with Gasteiger partial charge in [-0.1, -0.05) is 59.2 Å². The van der Waals surface area contributed by atoms with Crippen molar-refractivity contribution in [1.29, 1.82) is 0 Å². The normalized spacial score (nSPS) is 10.8. The number of hydrogen-bond donors (Lipinski definition) is 0. The van der Waals surface area contributed by atoms with Gasteiger partial charge in [-0.3, -0.25) is 4.57 Å². The van der Waals surface area contributed by atoms with E-state index in [1.807, 2.05) is 47.0 Å². The number of nitrogens with zero attached hydrogens (tertiary/aromatic N) is 3. The van der Waals surface area contributed by atoms with Crippen LogP contribution in [0, 0.1) is 0 Å². The molecule has 0 saturated heterocycles. The Balaban J connectivity index is 1.79. The zero-order chi connectivity index (χ0) is 14.7. The molecule has 0 bridgehead atoms. The van der Waals surface area contributed by atoms with Crippen LogP contribution in [-0.2, 0) is 5.75 Å². The molecule has 21 heavy (non-hydrogen) atoms. The van der Waals surface area contributed by atoms with Gasteiger partial charge in [0.1, 0.15) is 6.33 Å². The van der Waals surface area contributed by atoms with Crippen LogP contribution in [0.1, 0.15) is 5.56 Å². The fraction of sp³-hybridized carbons (Fsp3) is 0.0667. The second-order valence-electron chi connectivity index (χ2n) is 4.34. The van der Waals surface area contributed by atoms with E-state index in [2.05, 4.69) is 10.2 Å². The van der Waals surface area contributed by atoms with Crippen LogP contribution in [-0.4, -0.2) is 14.8 Å². The third-order valence-electron chi connectivity index (χ3n) is 2.92. The molecule has 0 aliphatic carbocycles. The second-order valence-corrected chi connectivity index (χ2v) is 6.13. The van der Waals surface area contributed by atoms with E-state index in [0.717, 1.165) is 16.4 Å². The van der Waals surface area contributed by atoms with Gasteiger partial charge in [0.15, 0.2) is 5.16 Å². The van der Waals surface area contributed by atoms with Crippen LogP contribution < -0.4 is 0 Å². The largest absolute Gasteiger partial charge is 0.277 e. The standard InChI is InChI=1S/C15H11Cl2N3S/c16-12-7-6-11(14(17)8-12)9-21-15-19-18-10-20(15)13-4-2-1-3-5-13/h1-8,10H,9H2. The highest BCUT2D eigenvalue weighted by Crippen LogP contribution is 2.28. The zero-order valence-corrected chi connectivity index (χ0v) is 13.2. The smallest absolute Gasteiger partial charge is 0.195 e. The molecule has 1 heterocycles. The molecule has 0 N–H and O–H groups in total. The number of thioether (sulfide) groups is 1. The van der Waals surface area contributed by atoms with E-state index in [0.29, 0.717) is 15.8 Å². The van der Waals surface area contributed by atoms with E-state index >= 15 is 0 Å². The molecule has 2 aromatic carbocycles. The number of halogens is 2. The first-order valence-electron chi connectivity index (χ1n) is 6.26. The SMILES string of the molecule is Clc1ccc(CSc2nncn2-c2ccccc2)c(Cl)c1. The fourth-order valence-electron chi connectivity index (χ4n) is 1.87. The molecular formula is C15H11Cl2N3S. The van der Waals surface area contributed by atoms with Crippen molar-refractivity contribution in [3.8, 4) is 5.69 Å². The van der Waals surface area contributed by atoms with Gasteiger partial charge in [-0.15, -0.1) is 10.2 Å². The zero-order valence-electron chi connectivity index (χ0n) is 10.9. The van der Waals surface area contributed by atoms with Gasteiger partial charge >= 0.3 is 0 Å². The molecule has 1 aromatic heterocycles. The minimum absolute atomic E-state index is 0.640. The lowest BCUT2D eigenvalue weighted by Gasteiger charge is -2.07. The molecule has 3 aromatic rings. The number of para-hydroxylation sites is 1. The summed E-state index contributed by atoms with van der Waals surface area (Å²) in [5, 5.41) is 10.3. The number of hydrogen-bond acceptors (Lipinski definition) is 3. The Bertz CT molecular complexity index is 744. The van der Waals surface area contributed by atoms with Gasteiger partial charge in [-0.05, 0) is 29.8 Å². The maximum atomic E-state index is 6.19.